The Morgan fingerprint density at radius 1 is 1.19 bits per heavy atom. The van der Waals surface area contributed by atoms with Gasteiger partial charge in [0.25, 0.3) is 0 Å². The largest absolute Gasteiger partial charge is 0.459 e. The van der Waals surface area contributed by atoms with Crippen LogP contribution in [0.3, 0.4) is 0 Å². The van der Waals surface area contributed by atoms with Gasteiger partial charge in [0.1, 0.15) is 11.7 Å². The van der Waals surface area contributed by atoms with E-state index in [1.807, 2.05) is 24.3 Å². The molecule has 1 aromatic rings. The maximum absolute atomic E-state index is 12.7. The van der Waals surface area contributed by atoms with Crippen LogP contribution in [0, 0.1) is 0 Å². The van der Waals surface area contributed by atoms with E-state index in [0.29, 0.717) is 18.6 Å². The predicted octanol–water partition coefficient (Wildman–Crippen LogP) is 4.02. The maximum Gasteiger partial charge on any atom is 0.330 e. The number of esters is 1. The van der Waals surface area contributed by atoms with Gasteiger partial charge < -0.3 is 14.4 Å². The second-order valence-corrected chi connectivity index (χ2v) is 6.65. The number of Topliss-reactive ketones (excluding diaryl/α,β-unsaturated/α-hetero) is 1. The highest BCUT2D eigenvalue weighted by molar-refractivity contribution is 6.02. The molecule has 0 radical (unpaired) electrons. The number of anilines is 1. The number of rotatable bonds is 11. The summed E-state index contributed by atoms with van der Waals surface area (Å²) in [5.74, 6) is -0.527. The number of ether oxygens (including phenoxy) is 2. The van der Waals surface area contributed by atoms with Gasteiger partial charge in [-0.2, -0.15) is 0 Å². The Bertz CT molecular complexity index is 603. The van der Waals surface area contributed by atoms with Gasteiger partial charge in [0.15, 0.2) is 5.78 Å². The van der Waals surface area contributed by atoms with Crippen LogP contribution in [0.5, 0.6) is 0 Å². The number of carbonyl (C=O) groups is 2. The van der Waals surface area contributed by atoms with Crippen molar-refractivity contribution in [2.45, 2.75) is 52.7 Å². The molecular weight excluding hydrogens is 330 g/mol. The van der Waals surface area contributed by atoms with E-state index in [0.717, 1.165) is 24.9 Å². The molecule has 26 heavy (non-hydrogen) atoms. The van der Waals surface area contributed by atoms with Gasteiger partial charge in [-0.15, -0.1) is 0 Å². The van der Waals surface area contributed by atoms with Gasteiger partial charge in [-0.1, -0.05) is 6.58 Å². The van der Waals surface area contributed by atoms with Crippen molar-refractivity contribution < 1.29 is 19.1 Å². The summed E-state index contributed by atoms with van der Waals surface area (Å²) >= 11 is 0. The van der Waals surface area contributed by atoms with E-state index < -0.39 is 11.6 Å². The van der Waals surface area contributed by atoms with Crippen LogP contribution in [-0.4, -0.2) is 43.2 Å². The zero-order valence-corrected chi connectivity index (χ0v) is 16.6. The third-order valence-electron chi connectivity index (χ3n) is 4.28. The number of ketones is 1. The molecule has 0 saturated carbocycles. The fraction of sp³-hybridized carbons (Fsp3) is 0.524. The molecule has 5 nitrogen and oxygen atoms in total. The Morgan fingerprint density at radius 3 is 2.27 bits per heavy atom. The van der Waals surface area contributed by atoms with Crippen molar-refractivity contribution in [1.29, 1.82) is 0 Å². The molecule has 0 aromatic heterocycles. The third-order valence-corrected chi connectivity index (χ3v) is 4.28. The summed E-state index contributed by atoms with van der Waals surface area (Å²) in [5.41, 5.74) is 0.777. The van der Waals surface area contributed by atoms with Crippen molar-refractivity contribution in [3.8, 4) is 0 Å². The molecule has 0 amide bonds. The molecule has 0 spiro atoms. The molecule has 0 aliphatic rings. The van der Waals surface area contributed by atoms with Crippen LogP contribution in [0.4, 0.5) is 5.69 Å². The van der Waals surface area contributed by atoms with Gasteiger partial charge >= 0.3 is 5.97 Å². The highest BCUT2D eigenvalue weighted by Gasteiger charge is 2.29. The third kappa shape index (κ3) is 6.30. The lowest BCUT2D eigenvalue weighted by Crippen LogP contribution is -2.36. The highest BCUT2D eigenvalue weighted by Crippen LogP contribution is 2.21. The molecule has 0 bridgehead atoms. The van der Waals surface area contributed by atoms with Crippen LogP contribution in [0.25, 0.3) is 0 Å². The van der Waals surface area contributed by atoms with Gasteiger partial charge in [0, 0.05) is 36.8 Å². The maximum atomic E-state index is 12.7. The van der Waals surface area contributed by atoms with E-state index in [9.17, 15) is 9.59 Å². The average Bonchev–Trinajstić information content (AvgIpc) is 2.62. The van der Waals surface area contributed by atoms with E-state index in [4.69, 9.17) is 9.47 Å². The van der Waals surface area contributed by atoms with Crippen molar-refractivity contribution in [1.82, 2.24) is 0 Å². The highest BCUT2D eigenvalue weighted by atomic mass is 16.5. The molecule has 1 atom stereocenters. The topological polar surface area (TPSA) is 55.8 Å². The van der Waals surface area contributed by atoms with Crippen LogP contribution in [0.1, 0.15) is 51.4 Å². The molecule has 1 unspecified atom stereocenters. The number of hydrogen-bond acceptors (Lipinski definition) is 5. The van der Waals surface area contributed by atoms with Gasteiger partial charge in [-0.3, -0.25) is 4.79 Å². The molecular formula is C21H31NO4. The first-order valence-electron chi connectivity index (χ1n) is 9.12. The molecule has 0 fully saturated rings. The zero-order valence-electron chi connectivity index (χ0n) is 16.6. The first kappa shape index (κ1) is 21.9. The summed E-state index contributed by atoms with van der Waals surface area (Å²) in [6.07, 6.45) is 1.35. The van der Waals surface area contributed by atoms with Gasteiger partial charge in [-0.05, 0) is 58.9 Å². The Balaban J connectivity index is 2.64. The molecule has 0 aliphatic heterocycles. The van der Waals surface area contributed by atoms with Crippen LogP contribution < -0.4 is 4.90 Å². The van der Waals surface area contributed by atoms with E-state index in [2.05, 4.69) is 25.3 Å². The fourth-order valence-electron chi connectivity index (χ4n) is 2.61. The van der Waals surface area contributed by atoms with Crippen molar-refractivity contribution >= 4 is 17.4 Å². The minimum absolute atomic E-state index is 0.0701. The SMILES string of the molecule is C=CC(=O)OC(C)CCOC(C)(C)C(=O)c1ccc(N(CC)CC)cc1. The van der Waals surface area contributed by atoms with Crippen molar-refractivity contribution in [3.05, 3.63) is 42.5 Å². The normalized spacial score (nSPS) is 12.3. The van der Waals surface area contributed by atoms with Crippen molar-refractivity contribution in [2.24, 2.45) is 0 Å². The molecule has 5 heteroatoms. The van der Waals surface area contributed by atoms with Gasteiger partial charge in [0.2, 0.25) is 0 Å². The number of benzene rings is 1. The molecule has 0 saturated heterocycles. The number of hydrogen-bond donors (Lipinski definition) is 0. The Hall–Kier alpha value is -2.14. The van der Waals surface area contributed by atoms with E-state index in [-0.39, 0.29) is 11.9 Å². The minimum Gasteiger partial charge on any atom is -0.459 e. The molecule has 0 N–H and O–H groups in total. The second-order valence-electron chi connectivity index (χ2n) is 6.65. The van der Waals surface area contributed by atoms with Crippen molar-refractivity contribution in [2.75, 3.05) is 24.6 Å². The van der Waals surface area contributed by atoms with Crippen LogP contribution >= 0.6 is 0 Å². The summed E-state index contributed by atoms with van der Waals surface area (Å²) in [7, 11) is 0. The lowest BCUT2D eigenvalue weighted by atomic mass is 9.96. The summed E-state index contributed by atoms with van der Waals surface area (Å²) in [5, 5.41) is 0. The summed E-state index contributed by atoms with van der Waals surface area (Å²) in [6.45, 7) is 15.0. The number of carbonyl (C=O) groups excluding carboxylic acids is 2. The van der Waals surface area contributed by atoms with Crippen molar-refractivity contribution in [3.63, 3.8) is 0 Å². The molecule has 0 aliphatic carbocycles. The average molecular weight is 361 g/mol. The van der Waals surface area contributed by atoms with Gasteiger partial charge in [0.05, 0.1) is 6.61 Å². The lowest BCUT2D eigenvalue weighted by Gasteiger charge is -2.25. The van der Waals surface area contributed by atoms with Crippen LogP contribution in [0.2, 0.25) is 0 Å². The second kappa shape index (κ2) is 10.1. The monoisotopic (exact) mass is 361 g/mol. The smallest absolute Gasteiger partial charge is 0.330 e. The Morgan fingerprint density at radius 2 is 1.77 bits per heavy atom. The quantitative estimate of drug-likeness (QED) is 0.338. The summed E-state index contributed by atoms with van der Waals surface area (Å²) in [6, 6.07) is 7.62. The first-order valence-corrected chi connectivity index (χ1v) is 9.12. The van der Waals surface area contributed by atoms with E-state index >= 15 is 0 Å². The molecule has 144 valence electrons. The first-order chi connectivity index (χ1) is 12.2. The lowest BCUT2D eigenvalue weighted by molar-refractivity contribution is -0.143. The predicted molar refractivity (Wildman–Crippen MR) is 105 cm³/mol. The Labute approximate surface area is 157 Å². The standard InChI is InChI=1S/C21H31NO4/c1-7-19(23)26-16(4)14-15-25-21(5,6)20(24)17-10-12-18(13-11-17)22(8-2)9-3/h7,10-13,16H,1,8-9,14-15H2,2-6H3. The van der Waals surface area contributed by atoms with Gasteiger partial charge in [-0.25, -0.2) is 4.79 Å². The molecule has 0 heterocycles. The fourth-order valence-corrected chi connectivity index (χ4v) is 2.61. The number of nitrogens with zero attached hydrogens (tertiary/aromatic N) is 1. The molecule has 1 rings (SSSR count). The zero-order chi connectivity index (χ0) is 19.7. The molecule has 1 aromatic carbocycles. The van der Waals surface area contributed by atoms with Crippen LogP contribution in [0.15, 0.2) is 36.9 Å². The minimum atomic E-state index is -0.946. The summed E-state index contributed by atoms with van der Waals surface area (Å²) < 4.78 is 10.9. The van der Waals surface area contributed by atoms with Crippen LogP contribution in [-0.2, 0) is 14.3 Å². The summed E-state index contributed by atoms with van der Waals surface area (Å²) in [4.78, 5) is 26.1. The van der Waals surface area contributed by atoms with E-state index in [1.54, 1.807) is 20.8 Å². The Kier molecular flexibility index (Phi) is 8.52. The van der Waals surface area contributed by atoms with E-state index in [1.165, 1.54) is 0 Å².